The van der Waals surface area contributed by atoms with Crippen molar-refractivity contribution in [3.8, 4) is 11.5 Å². The number of rotatable bonds is 3. The number of carbonyl (C=O) groups is 2. The second-order valence-corrected chi connectivity index (χ2v) is 6.26. The maximum Gasteiger partial charge on any atom is 0.317 e. The standard InChI is InChI=1S/C17H23N3O4/c1-11(19-17(22)20-6-5-13(10-20)16(18)21)12-3-4-14-15(9-12)24-8-2-7-23-14/h3-4,9,11,13H,2,5-8,10H2,1H3,(H2,18,21)(H,19,22)/t11-,13+/m1/s1. The van der Waals surface area contributed by atoms with Crippen molar-refractivity contribution >= 4 is 11.9 Å². The summed E-state index contributed by atoms with van der Waals surface area (Å²) in [6.07, 6.45) is 1.48. The summed E-state index contributed by atoms with van der Waals surface area (Å²) in [5, 5.41) is 2.96. The van der Waals surface area contributed by atoms with Crippen molar-refractivity contribution in [3.05, 3.63) is 23.8 Å². The third kappa shape index (κ3) is 3.55. The minimum absolute atomic E-state index is 0.178. The molecular weight excluding hydrogens is 310 g/mol. The SMILES string of the molecule is C[C@@H](NC(=O)N1CC[C@H](C(N)=O)C1)c1ccc2c(c1)OCCCO2. The molecule has 0 aromatic heterocycles. The molecule has 7 nitrogen and oxygen atoms in total. The molecule has 1 fully saturated rings. The number of nitrogens with one attached hydrogen (secondary N) is 1. The largest absolute Gasteiger partial charge is 0.490 e. The summed E-state index contributed by atoms with van der Waals surface area (Å²) in [7, 11) is 0. The number of nitrogens with zero attached hydrogens (tertiary/aromatic N) is 1. The molecule has 0 radical (unpaired) electrons. The smallest absolute Gasteiger partial charge is 0.317 e. The molecule has 2 atom stereocenters. The lowest BCUT2D eigenvalue weighted by Crippen LogP contribution is -2.40. The van der Waals surface area contributed by atoms with Crippen LogP contribution in [0.2, 0.25) is 0 Å². The molecule has 0 unspecified atom stereocenters. The van der Waals surface area contributed by atoms with Crippen LogP contribution in [0.4, 0.5) is 4.79 Å². The van der Waals surface area contributed by atoms with Crippen LogP contribution in [0.5, 0.6) is 11.5 Å². The molecule has 1 saturated heterocycles. The van der Waals surface area contributed by atoms with Gasteiger partial charge in [-0.05, 0) is 31.0 Å². The summed E-state index contributed by atoms with van der Waals surface area (Å²) >= 11 is 0. The van der Waals surface area contributed by atoms with E-state index in [9.17, 15) is 9.59 Å². The van der Waals surface area contributed by atoms with Crippen LogP contribution in [0.3, 0.4) is 0 Å². The predicted molar refractivity (Wildman–Crippen MR) is 87.9 cm³/mol. The minimum atomic E-state index is -0.346. The average Bonchev–Trinajstić information content (AvgIpc) is 2.94. The van der Waals surface area contributed by atoms with E-state index in [1.54, 1.807) is 4.90 Å². The molecule has 7 heteroatoms. The Morgan fingerprint density at radius 3 is 2.75 bits per heavy atom. The number of ether oxygens (including phenoxy) is 2. The van der Waals surface area contributed by atoms with E-state index in [1.807, 2.05) is 25.1 Å². The molecule has 24 heavy (non-hydrogen) atoms. The van der Waals surface area contributed by atoms with Crippen LogP contribution >= 0.6 is 0 Å². The minimum Gasteiger partial charge on any atom is -0.490 e. The molecular formula is C17H23N3O4. The summed E-state index contributed by atoms with van der Waals surface area (Å²) < 4.78 is 11.3. The molecule has 3 rings (SSSR count). The van der Waals surface area contributed by atoms with Crippen LogP contribution < -0.4 is 20.5 Å². The quantitative estimate of drug-likeness (QED) is 0.875. The maximum absolute atomic E-state index is 12.3. The molecule has 0 aliphatic carbocycles. The number of fused-ring (bicyclic) bond motifs is 1. The number of benzene rings is 1. The van der Waals surface area contributed by atoms with E-state index in [0.717, 1.165) is 17.7 Å². The van der Waals surface area contributed by atoms with Crippen LogP contribution in [0.25, 0.3) is 0 Å². The van der Waals surface area contributed by atoms with Crippen molar-refractivity contribution in [2.75, 3.05) is 26.3 Å². The van der Waals surface area contributed by atoms with Gasteiger partial charge in [0.05, 0.1) is 25.2 Å². The van der Waals surface area contributed by atoms with Crippen molar-refractivity contribution in [3.63, 3.8) is 0 Å². The highest BCUT2D eigenvalue weighted by atomic mass is 16.5. The van der Waals surface area contributed by atoms with Gasteiger partial charge in [0.1, 0.15) is 0 Å². The number of likely N-dealkylation sites (tertiary alicyclic amines) is 1. The first-order valence-corrected chi connectivity index (χ1v) is 8.29. The zero-order chi connectivity index (χ0) is 17.1. The number of carbonyl (C=O) groups excluding carboxylic acids is 2. The van der Waals surface area contributed by atoms with Gasteiger partial charge >= 0.3 is 6.03 Å². The fourth-order valence-corrected chi connectivity index (χ4v) is 2.99. The first-order chi connectivity index (χ1) is 11.5. The molecule has 2 heterocycles. The van der Waals surface area contributed by atoms with Gasteiger partial charge < -0.3 is 25.4 Å². The summed E-state index contributed by atoms with van der Waals surface area (Å²) in [4.78, 5) is 25.2. The van der Waals surface area contributed by atoms with E-state index in [1.165, 1.54) is 0 Å². The summed E-state index contributed by atoms with van der Waals surface area (Å²) in [5.41, 5.74) is 6.25. The Labute approximate surface area is 141 Å². The Bertz CT molecular complexity index is 634. The fourth-order valence-electron chi connectivity index (χ4n) is 2.99. The second kappa shape index (κ2) is 6.98. The average molecular weight is 333 g/mol. The van der Waals surface area contributed by atoms with E-state index >= 15 is 0 Å². The molecule has 3 N–H and O–H groups in total. The van der Waals surface area contributed by atoms with Crippen molar-refractivity contribution in [1.82, 2.24) is 10.2 Å². The van der Waals surface area contributed by atoms with Crippen LogP contribution in [0, 0.1) is 5.92 Å². The number of primary amides is 1. The number of urea groups is 1. The highest BCUT2D eigenvalue weighted by molar-refractivity contribution is 5.80. The molecule has 2 aliphatic rings. The second-order valence-electron chi connectivity index (χ2n) is 6.26. The molecule has 2 aliphatic heterocycles. The summed E-state index contributed by atoms with van der Waals surface area (Å²) in [6.45, 7) is 4.12. The Balaban J connectivity index is 1.62. The number of hydrogen-bond acceptors (Lipinski definition) is 4. The van der Waals surface area contributed by atoms with Crippen molar-refractivity contribution in [2.24, 2.45) is 11.7 Å². The lowest BCUT2D eigenvalue weighted by atomic mass is 10.1. The zero-order valence-electron chi connectivity index (χ0n) is 13.8. The lowest BCUT2D eigenvalue weighted by molar-refractivity contribution is -0.121. The molecule has 0 spiro atoms. The highest BCUT2D eigenvalue weighted by Crippen LogP contribution is 2.32. The van der Waals surface area contributed by atoms with Gasteiger partial charge in [0.15, 0.2) is 11.5 Å². The Morgan fingerprint density at radius 2 is 2.04 bits per heavy atom. The number of amides is 3. The van der Waals surface area contributed by atoms with Gasteiger partial charge in [-0.3, -0.25) is 4.79 Å². The van der Waals surface area contributed by atoms with Gasteiger partial charge in [-0.25, -0.2) is 4.79 Å². The van der Waals surface area contributed by atoms with Crippen LogP contribution in [-0.2, 0) is 4.79 Å². The van der Waals surface area contributed by atoms with Crippen molar-refractivity contribution in [2.45, 2.75) is 25.8 Å². The third-order valence-corrected chi connectivity index (χ3v) is 4.49. The summed E-state index contributed by atoms with van der Waals surface area (Å²) in [5.74, 6) is 0.852. The van der Waals surface area contributed by atoms with E-state index in [2.05, 4.69) is 5.32 Å². The number of nitrogens with two attached hydrogens (primary N) is 1. The fraction of sp³-hybridized carbons (Fsp3) is 0.529. The van der Waals surface area contributed by atoms with E-state index in [0.29, 0.717) is 38.5 Å². The van der Waals surface area contributed by atoms with Gasteiger partial charge in [0, 0.05) is 19.5 Å². The molecule has 1 aromatic carbocycles. The Kier molecular flexibility index (Phi) is 4.78. The monoisotopic (exact) mass is 333 g/mol. The van der Waals surface area contributed by atoms with Crippen LogP contribution in [0.1, 0.15) is 31.4 Å². The van der Waals surface area contributed by atoms with Crippen molar-refractivity contribution < 1.29 is 19.1 Å². The van der Waals surface area contributed by atoms with Gasteiger partial charge in [-0.2, -0.15) is 0 Å². The van der Waals surface area contributed by atoms with Gasteiger partial charge in [0.25, 0.3) is 0 Å². The van der Waals surface area contributed by atoms with E-state index < -0.39 is 0 Å². The molecule has 0 saturated carbocycles. The van der Waals surface area contributed by atoms with Crippen LogP contribution in [-0.4, -0.2) is 43.1 Å². The van der Waals surface area contributed by atoms with Crippen molar-refractivity contribution in [1.29, 1.82) is 0 Å². The normalized spacial score (nSPS) is 21.0. The third-order valence-electron chi connectivity index (χ3n) is 4.49. The molecule has 1 aromatic rings. The lowest BCUT2D eigenvalue weighted by Gasteiger charge is -2.21. The van der Waals surface area contributed by atoms with Crippen LogP contribution in [0.15, 0.2) is 18.2 Å². The molecule has 3 amide bonds. The summed E-state index contributed by atoms with van der Waals surface area (Å²) in [6, 6.07) is 5.34. The first-order valence-electron chi connectivity index (χ1n) is 8.29. The Hall–Kier alpha value is -2.44. The highest BCUT2D eigenvalue weighted by Gasteiger charge is 2.30. The molecule has 0 bridgehead atoms. The maximum atomic E-state index is 12.3. The predicted octanol–water partition coefficient (Wildman–Crippen LogP) is 1.43. The van der Waals surface area contributed by atoms with Gasteiger partial charge in [0.2, 0.25) is 5.91 Å². The number of hydrogen-bond donors (Lipinski definition) is 2. The molecule has 130 valence electrons. The van der Waals surface area contributed by atoms with E-state index in [-0.39, 0.29) is 23.9 Å². The topological polar surface area (TPSA) is 93.9 Å². The Morgan fingerprint density at radius 1 is 1.29 bits per heavy atom. The van der Waals surface area contributed by atoms with Gasteiger partial charge in [-0.15, -0.1) is 0 Å². The van der Waals surface area contributed by atoms with E-state index in [4.69, 9.17) is 15.2 Å². The first kappa shape index (κ1) is 16.4. The van der Waals surface area contributed by atoms with Gasteiger partial charge in [-0.1, -0.05) is 6.07 Å². The zero-order valence-corrected chi connectivity index (χ0v) is 13.8.